The highest BCUT2D eigenvalue weighted by molar-refractivity contribution is 5.92. The van der Waals surface area contributed by atoms with Crippen LogP contribution in [0.15, 0.2) is 18.2 Å². The Morgan fingerprint density at radius 2 is 1.23 bits per heavy atom. The summed E-state index contributed by atoms with van der Waals surface area (Å²) in [4.78, 5) is 11.6. The minimum Gasteiger partial charge on any atom is -0.507 e. The van der Waals surface area contributed by atoms with Gasteiger partial charge in [-0.2, -0.15) is 0 Å². The van der Waals surface area contributed by atoms with Gasteiger partial charge in [0, 0.05) is 0 Å². The molecule has 172 valence electrons. The first-order valence-corrected chi connectivity index (χ1v) is 12.2. The molecule has 4 heteroatoms. The lowest BCUT2D eigenvalue weighted by atomic mass is 10.0. The maximum Gasteiger partial charge on any atom is 0.341 e. The lowest BCUT2D eigenvalue weighted by Gasteiger charge is -2.09. The van der Waals surface area contributed by atoms with Crippen LogP contribution >= 0.6 is 0 Å². The van der Waals surface area contributed by atoms with Crippen molar-refractivity contribution in [1.82, 2.24) is 0 Å². The molecule has 4 nitrogen and oxygen atoms in total. The number of aromatic hydroxyl groups is 1. The second-order valence-corrected chi connectivity index (χ2v) is 8.32. The van der Waals surface area contributed by atoms with E-state index in [0.29, 0.717) is 12.4 Å². The van der Waals surface area contributed by atoms with E-state index in [4.69, 9.17) is 4.74 Å². The van der Waals surface area contributed by atoms with Gasteiger partial charge in [0.05, 0.1) is 13.7 Å². The van der Waals surface area contributed by atoms with E-state index in [2.05, 4.69) is 11.7 Å². The zero-order chi connectivity index (χ0) is 21.9. The molecule has 0 aliphatic carbocycles. The van der Waals surface area contributed by atoms with Crippen molar-refractivity contribution < 1.29 is 19.4 Å². The summed E-state index contributed by atoms with van der Waals surface area (Å²) in [6.45, 7) is 2.90. The predicted molar refractivity (Wildman–Crippen MR) is 124 cm³/mol. The van der Waals surface area contributed by atoms with Crippen LogP contribution in [-0.4, -0.2) is 24.8 Å². The van der Waals surface area contributed by atoms with Crippen LogP contribution in [0.1, 0.15) is 120 Å². The van der Waals surface area contributed by atoms with Crippen molar-refractivity contribution in [2.24, 2.45) is 0 Å². The minimum atomic E-state index is -0.555. The largest absolute Gasteiger partial charge is 0.507 e. The molecule has 0 atom stereocenters. The predicted octanol–water partition coefficient (Wildman–Crippen LogP) is 7.82. The Balaban J connectivity index is 1.90. The highest BCUT2D eigenvalue weighted by atomic mass is 16.5. The lowest BCUT2D eigenvalue weighted by molar-refractivity contribution is 0.0597. The van der Waals surface area contributed by atoms with E-state index >= 15 is 0 Å². The van der Waals surface area contributed by atoms with Crippen LogP contribution in [0.3, 0.4) is 0 Å². The molecule has 0 saturated carbocycles. The van der Waals surface area contributed by atoms with Crippen LogP contribution in [0.5, 0.6) is 11.5 Å². The van der Waals surface area contributed by atoms with Gasteiger partial charge in [0.25, 0.3) is 0 Å². The monoisotopic (exact) mass is 420 g/mol. The van der Waals surface area contributed by atoms with Crippen LogP contribution in [0, 0.1) is 0 Å². The molecule has 0 aromatic heterocycles. The van der Waals surface area contributed by atoms with E-state index in [9.17, 15) is 9.90 Å². The molecule has 0 radical (unpaired) electrons. The van der Waals surface area contributed by atoms with Crippen molar-refractivity contribution in [2.75, 3.05) is 13.7 Å². The second-order valence-electron chi connectivity index (χ2n) is 8.32. The summed E-state index contributed by atoms with van der Waals surface area (Å²) in [6.07, 6.45) is 21.6. The molecule has 1 N–H and O–H groups in total. The molecule has 0 bridgehead atoms. The summed E-state index contributed by atoms with van der Waals surface area (Å²) in [7, 11) is 1.30. The van der Waals surface area contributed by atoms with Gasteiger partial charge in [0.1, 0.15) is 17.1 Å². The van der Waals surface area contributed by atoms with E-state index in [1.165, 1.54) is 116 Å². The van der Waals surface area contributed by atoms with Gasteiger partial charge in [-0.25, -0.2) is 4.79 Å². The highest BCUT2D eigenvalue weighted by Gasteiger charge is 2.12. The van der Waals surface area contributed by atoms with E-state index in [1.807, 2.05) is 0 Å². The standard InChI is InChI=1S/C26H44O4/c1-3-4-5-6-7-8-9-10-11-12-13-14-15-16-17-18-21-30-23-19-20-25(27)24(22-23)26(28)29-2/h19-20,22,27H,3-18,21H2,1-2H3. The van der Waals surface area contributed by atoms with Gasteiger partial charge in [0.2, 0.25) is 0 Å². The molecule has 0 saturated heterocycles. The fraction of sp³-hybridized carbons (Fsp3) is 0.731. The van der Waals surface area contributed by atoms with Gasteiger partial charge in [-0.05, 0) is 24.6 Å². The Kier molecular flexibility index (Phi) is 15.9. The van der Waals surface area contributed by atoms with Gasteiger partial charge >= 0.3 is 5.97 Å². The van der Waals surface area contributed by atoms with Crippen molar-refractivity contribution in [3.63, 3.8) is 0 Å². The topological polar surface area (TPSA) is 55.8 Å². The molecule has 30 heavy (non-hydrogen) atoms. The number of benzene rings is 1. The molecule has 0 amide bonds. The summed E-state index contributed by atoms with van der Waals surface area (Å²) < 4.78 is 10.4. The maximum absolute atomic E-state index is 11.6. The van der Waals surface area contributed by atoms with Gasteiger partial charge in [0.15, 0.2) is 0 Å². The summed E-state index contributed by atoms with van der Waals surface area (Å²) in [6, 6.07) is 4.68. The zero-order valence-corrected chi connectivity index (χ0v) is 19.4. The Bertz CT molecular complexity index is 556. The van der Waals surface area contributed by atoms with E-state index in [0.717, 1.165) is 6.42 Å². The number of hydrogen-bond donors (Lipinski definition) is 1. The maximum atomic E-state index is 11.6. The number of phenols is 1. The normalized spacial score (nSPS) is 10.9. The summed E-state index contributed by atoms with van der Waals surface area (Å²) in [5.41, 5.74) is 0.141. The zero-order valence-electron chi connectivity index (χ0n) is 19.4. The average Bonchev–Trinajstić information content (AvgIpc) is 2.76. The Labute approximate surface area is 184 Å². The lowest BCUT2D eigenvalue weighted by Crippen LogP contribution is -2.03. The number of hydrogen-bond acceptors (Lipinski definition) is 4. The summed E-state index contributed by atoms with van der Waals surface area (Å²) >= 11 is 0. The fourth-order valence-electron chi connectivity index (χ4n) is 3.72. The quantitative estimate of drug-likeness (QED) is 0.183. The number of ether oxygens (including phenoxy) is 2. The van der Waals surface area contributed by atoms with Gasteiger partial charge in [-0.1, -0.05) is 103 Å². The third-order valence-electron chi connectivity index (χ3n) is 5.64. The molecule has 0 aliphatic heterocycles. The molecular weight excluding hydrogens is 376 g/mol. The molecule has 0 heterocycles. The van der Waals surface area contributed by atoms with Crippen molar-refractivity contribution in [3.8, 4) is 11.5 Å². The number of rotatable bonds is 19. The number of carbonyl (C=O) groups is 1. The number of esters is 1. The molecule has 0 aliphatic rings. The molecule has 0 spiro atoms. The Morgan fingerprint density at radius 3 is 1.70 bits per heavy atom. The van der Waals surface area contributed by atoms with E-state index in [1.54, 1.807) is 6.07 Å². The third-order valence-corrected chi connectivity index (χ3v) is 5.64. The Hall–Kier alpha value is -1.71. The number of carbonyl (C=O) groups excluding carboxylic acids is 1. The first kappa shape index (κ1) is 26.3. The summed E-state index contributed by atoms with van der Waals surface area (Å²) in [5, 5.41) is 9.70. The van der Waals surface area contributed by atoms with Gasteiger partial charge in [-0.15, -0.1) is 0 Å². The fourth-order valence-corrected chi connectivity index (χ4v) is 3.72. The molecule has 1 rings (SSSR count). The smallest absolute Gasteiger partial charge is 0.341 e. The number of unbranched alkanes of at least 4 members (excludes halogenated alkanes) is 15. The summed E-state index contributed by atoms with van der Waals surface area (Å²) in [5.74, 6) is -0.0499. The first-order valence-electron chi connectivity index (χ1n) is 12.2. The molecule has 1 aromatic rings. The molecule has 0 fully saturated rings. The van der Waals surface area contributed by atoms with Crippen molar-refractivity contribution in [2.45, 2.75) is 110 Å². The van der Waals surface area contributed by atoms with Crippen LogP contribution in [0.2, 0.25) is 0 Å². The number of methoxy groups -OCH3 is 1. The molecule has 1 aromatic carbocycles. The van der Waals surface area contributed by atoms with Crippen molar-refractivity contribution in [1.29, 1.82) is 0 Å². The average molecular weight is 421 g/mol. The number of phenolic OH excluding ortho intramolecular Hbond substituents is 1. The van der Waals surface area contributed by atoms with E-state index < -0.39 is 5.97 Å². The highest BCUT2D eigenvalue weighted by Crippen LogP contribution is 2.24. The van der Waals surface area contributed by atoms with E-state index in [-0.39, 0.29) is 11.3 Å². The Morgan fingerprint density at radius 1 is 0.767 bits per heavy atom. The SMILES string of the molecule is CCCCCCCCCCCCCCCCCCOc1ccc(O)c(C(=O)OC)c1. The van der Waals surface area contributed by atoms with Crippen LogP contribution in [0.25, 0.3) is 0 Å². The molecular formula is C26H44O4. The minimum absolute atomic E-state index is 0.0865. The van der Waals surface area contributed by atoms with Crippen LogP contribution in [-0.2, 0) is 4.74 Å². The van der Waals surface area contributed by atoms with Crippen LogP contribution < -0.4 is 4.74 Å². The van der Waals surface area contributed by atoms with Gasteiger partial charge < -0.3 is 14.6 Å². The molecule has 0 unspecified atom stereocenters. The van der Waals surface area contributed by atoms with Crippen LogP contribution in [0.4, 0.5) is 0 Å². The third kappa shape index (κ3) is 12.8. The second kappa shape index (κ2) is 18.1. The first-order chi connectivity index (χ1) is 14.7. The van der Waals surface area contributed by atoms with Crippen molar-refractivity contribution >= 4 is 5.97 Å². The van der Waals surface area contributed by atoms with Gasteiger partial charge in [-0.3, -0.25) is 0 Å². The van der Waals surface area contributed by atoms with Crippen molar-refractivity contribution in [3.05, 3.63) is 23.8 Å².